The number of benzene rings is 7. The maximum atomic E-state index is 14.5. The molecule has 0 spiro atoms. The van der Waals surface area contributed by atoms with Crippen molar-refractivity contribution in [3.8, 4) is 50.6 Å². The third kappa shape index (κ3) is 9.87. The summed E-state index contributed by atoms with van der Waals surface area (Å²) in [4.78, 5) is 9.68. The SMILES string of the molecule is CC(C)Cc1cc(-c2[c-]cccc2)nc[c]1[Ge]([CH3])([CH3])[F].Cc1c[c-]c(-c2nc3ccccc3n2-c2ccc(C(C)(C)C)cc2-c2ccccc2)c2oc3cc(-c4ccc(F)cc4)ccc3c12.[Ir]. The third-order valence-electron chi connectivity index (χ3n) is 12.1. The summed E-state index contributed by atoms with van der Waals surface area (Å²) in [5, 5.41) is 2.06. The van der Waals surface area contributed by atoms with E-state index in [9.17, 15) is 7.89 Å². The van der Waals surface area contributed by atoms with E-state index in [2.05, 4.69) is 142 Å². The van der Waals surface area contributed by atoms with Gasteiger partial charge in [-0.05, 0) is 70.1 Å². The van der Waals surface area contributed by atoms with E-state index in [0.717, 1.165) is 106 Å². The second-order valence-corrected chi connectivity index (χ2v) is 26.4. The van der Waals surface area contributed by atoms with E-state index in [1.54, 1.807) is 29.8 Å². The Kier molecular flexibility index (Phi) is 13.7. The number of para-hydroxylation sites is 2. The first-order valence-corrected chi connectivity index (χ1v) is 28.6. The van der Waals surface area contributed by atoms with Crippen LogP contribution in [-0.2, 0) is 31.9 Å². The van der Waals surface area contributed by atoms with Gasteiger partial charge >= 0.3 is 124 Å². The number of aryl methyl sites for hydroxylation is 1. The molecule has 3 aromatic heterocycles. The molecule has 10 rings (SSSR count). The number of hydrogen-bond donors (Lipinski definition) is 0. The summed E-state index contributed by atoms with van der Waals surface area (Å²) in [5.41, 5.74) is 14.7. The monoisotopic (exact) mass is 1120 g/mol. The van der Waals surface area contributed by atoms with E-state index < -0.39 is 13.7 Å². The first-order chi connectivity index (χ1) is 31.6. The van der Waals surface area contributed by atoms with Crippen molar-refractivity contribution in [3.05, 3.63) is 192 Å². The van der Waals surface area contributed by atoms with Crippen molar-refractivity contribution in [1.29, 1.82) is 0 Å². The zero-order valence-corrected chi connectivity index (χ0v) is 43.6. The van der Waals surface area contributed by atoms with Crippen LogP contribution in [0.5, 0.6) is 0 Å². The Morgan fingerprint density at radius 3 is 2.19 bits per heavy atom. The minimum Gasteiger partial charge on any atom is -0.501 e. The largest absolute Gasteiger partial charge is 0.501 e. The quantitative estimate of drug-likeness (QED) is 0.112. The van der Waals surface area contributed by atoms with Gasteiger partial charge in [0, 0.05) is 36.7 Å². The van der Waals surface area contributed by atoms with Crippen LogP contribution in [0.1, 0.15) is 51.3 Å². The van der Waals surface area contributed by atoms with Crippen molar-refractivity contribution in [1.82, 2.24) is 14.5 Å². The molecule has 0 unspecified atom stereocenters. The molecule has 0 bridgehead atoms. The van der Waals surface area contributed by atoms with Gasteiger partial charge in [-0.15, -0.1) is 17.7 Å². The Labute approximate surface area is 409 Å². The number of rotatable bonds is 8. The molecule has 0 atom stereocenters. The summed E-state index contributed by atoms with van der Waals surface area (Å²) < 4.78 is 38.0. The second kappa shape index (κ2) is 19.3. The van der Waals surface area contributed by atoms with Gasteiger partial charge in [0.2, 0.25) is 0 Å². The molecule has 0 aliphatic carbocycles. The molecule has 0 saturated carbocycles. The molecule has 1 radical (unpaired) electrons. The van der Waals surface area contributed by atoms with Gasteiger partial charge in [-0.1, -0.05) is 111 Å². The van der Waals surface area contributed by atoms with Crippen molar-refractivity contribution in [2.45, 2.75) is 64.9 Å². The fraction of sp³-hybridized carbons (Fsp3) is 0.186. The van der Waals surface area contributed by atoms with Gasteiger partial charge < -0.3 is 8.98 Å². The second-order valence-electron chi connectivity index (χ2n) is 19.1. The number of fused-ring (bicyclic) bond motifs is 4. The standard InChI is InChI=1S/C42H32FN2O.C17H21FGeN.Ir/c1-26-14-21-33(40-39(26)32-22-17-29(24-38(32)46-40)27-15-19-31(43)20-16-27)41-44-35-12-8-9-13-37(35)45(41)36-23-18-30(42(2,3)4)25-34(36)28-10-6-5-7-11-28;1-13(2)10-15-11-17(14-8-6-5-7-9-14)20-12-16(15)19(3,4)18;/h5-20,22-25H,1-4H3;5-8,11-13H,10H2,1-4H3;/q2*-1;. The number of nitrogens with zero attached hydrogens (tertiary/aromatic N) is 3. The van der Waals surface area contributed by atoms with Gasteiger partial charge in [-0.25, -0.2) is 4.39 Å². The summed E-state index contributed by atoms with van der Waals surface area (Å²) in [6.07, 6.45) is 2.66. The maximum Gasteiger partial charge on any atom is 0.123 e. The van der Waals surface area contributed by atoms with Gasteiger partial charge in [0.25, 0.3) is 0 Å². The molecule has 0 saturated heterocycles. The van der Waals surface area contributed by atoms with Gasteiger partial charge in [0.1, 0.15) is 11.4 Å². The van der Waals surface area contributed by atoms with Crippen LogP contribution >= 0.6 is 0 Å². The van der Waals surface area contributed by atoms with Crippen molar-refractivity contribution >= 4 is 51.1 Å². The molecule has 3 heterocycles. The van der Waals surface area contributed by atoms with Crippen LogP contribution < -0.4 is 4.40 Å². The zero-order chi connectivity index (χ0) is 46.3. The average Bonchev–Trinajstić information content (AvgIpc) is 3.88. The van der Waals surface area contributed by atoms with E-state index in [4.69, 9.17) is 9.40 Å². The molecule has 8 heteroatoms. The average molecular weight is 1120 g/mol. The first-order valence-electron chi connectivity index (χ1n) is 22.6. The summed E-state index contributed by atoms with van der Waals surface area (Å²) >= 11 is -3.36. The normalized spacial score (nSPS) is 11.8. The van der Waals surface area contributed by atoms with Crippen LogP contribution in [0, 0.1) is 30.8 Å². The first kappa shape index (κ1) is 47.5. The molecule has 0 aliphatic heterocycles. The molecular formula is C59H53F2GeIrN3O-2. The van der Waals surface area contributed by atoms with Crippen LogP contribution in [0.4, 0.5) is 7.89 Å². The predicted octanol–water partition coefficient (Wildman–Crippen LogP) is 15.6. The Hall–Kier alpha value is -5.99. The van der Waals surface area contributed by atoms with E-state index in [1.807, 2.05) is 48.5 Å². The van der Waals surface area contributed by atoms with E-state index >= 15 is 0 Å². The number of halogens is 2. The molecule has 4 nitrogen and oxygen atoms in total. The Morgan fingerprint density at radius 2 is 1.49 bits per heavy atom. The fourth-order valence-corrected chi connectivity index (χ4v) is 11.5. The maximum absolute atomic E-state index is 14.5. The number of imidazole rings is 1. The van der Waals surface area contributed by atoms with Crippen molar-refractivity contribution < 1.29 is 32.4 Å². The van der Waals surface area contributed by atoms with Crippen LogP contribution in [0.15, 0.2) is 162 Å². The molecule has 10 aromatic rings. The van der Waals surface area contributed by atoms with Gasteiger partial charge in [-0.3, -0.25) is 4.98 Å². The smallest absolute Gasteiger partial charge is 0.123 e. The Balaban J connectivity index is 0.000000244. The molecule has 0 amide bonds. The molecule has 0 fully saturated rings. The van der Waals surface area contributed by atoms with E-state index in [-0.39, 0.29) is 31.3 Å². The van der Waals surface area contributed by atoms with Gasteiger partial charge in [0.15, 0.2) is 0 Å². The number of furan rings is 1. The molecule has 0 N–H and O–H groups in total. The Morgan fingerprint density at radius 1 is 0.776 bits per heavy atom. The van der Waals surface area contributed by atoms with Crippen molar-refractivity contribution in [2.24, 2.45) is 5.92 Å². The van der Waals surface area contributed by atoms with E-state index in [0.29, 0.717) is 5.92 Å². The summed E-state index contributed by atoms with van der Waals surface area (Å²) in [6.45, 7) is 13.2. The summed E-state index contributed by atoms with van der Waals surface area (Å²) in [7, 11) is 0. The number of aromatic nitrogens is 3. The number of pyridine rings is 1. The van der Waals surface area contributed by atoms with Crippen LogP contribution in [0.25, 0.3) is 83.6 Å². The van der Waals surface area contributed by atoms with Crippen molar-refractivity contribution in [2.75, 3.05) is 0 Å². The fourth-order valence-electron chi connectivity index (χ4n) is 8.80. The molecule has 67 heavy (non-hydrogen) atoms. The molecule has 0 aliphatic rings. The number of hydrogen-bond acceptors (Lipinski definition) is 3. The minimum absolute atomic E-state index is 0. The third-order valence-corrected chi connectivity index (χ3v) is 15.8. The zero-order valence-electron chi connectivity index (χ0n) is 39.1. The molecule has 339 valence electrons. The molecular weight excluding hydrogens is 1070 g/mol. The summed E-state index contributed by atoms with van der Waals surface area (Å²) in [6, 6.07) is 56.9. The van der Waals surface area contributed by atoms with Gasteiger partial charge in [-0.2, -0.15) is 0 Å². The van der Waals surface area contributed by atoms with Crippen LogP contribution in [-0.4, -0.2) is 28.3 Å². The molecule has 7 aromatic carbocycles. The van der Waals surface area contributed by atoms with Crippen molar-refractivity contribution in [3.63, 3.8) is 0 Å². The van der Waals surface area contributed by atoms with Crippen LogP contribution in [0.3, 0.4) is 0 Å². The minimum atomic E-state index is -3.36. The Bertz CT molecular complexity index is 3350. The van der Waals surface area contributed by atoms with Gasteiger partial charge in [0.05, 0.1) is 22.4 Å². The van der Waals surface area contributed by atoms with Crippen LogP contribution in [0.2, 0.25) is 11.5 Å². The predicted molar refractivity (Wildman–Crippen MR) is 272 cm³/mol. The topological polar surface area (TPSA) is 43.9 Å². The summed E-state index contributed by atoms with van der Waals surface area (Å²) in [5.74, 6) is 4.57. The van der Waals surface area contributed by atoms with E-state index in [1.165, 1.54) is 17.7 Å².